The molecule has 30 heavy (non-hydrogen) atoms. The van der Waals surface area contributed by atoms with Crippen LogP contribution in [0.4, 0.5) is 24.7 Å². The van der Waals surface area contributed by atoms with Crippen LogP contribution in [0.5, 0.6) is 0 Å². The minimum atomic E-state index is -2.75. The molecule has 0 aliphatic carbocycles. The lowest BCUT2D eigenvalue weighted by Crippen LogP contribution is -2.49. The van der Waals surface area contributed by atoms with E-state index in [2.05, 4.69) is 15.3 Å². The first-order valence-corrected chi connectivity index (χ1v) is 9.57. The molecule has 156 valence electrons. The number of nitrogens with one attached hydrogen (secondary N) is 1. The molecule has 6 nitrogen and oxygen atoms in total. The summed E-state index contributed by atoms with van der Waals surface area (Å²) in [7, 11) is 0. The summed E-state index contributed by atoms with van der Waals surface area (Å²) < 4.78 is 39.4. The highest BCUT2D eigenvalue weighted by molar-refractivity contribution is 5.92. The average molecular weight is 415 g/mol. The van der Waals surface area contributed by atoms with Gasteiger partial charge in [0.2, 0.25) is 5.91 Å². The van der Waals surface area contributed by atoms with Crippen LogP contribution in [0.25, 0.3) is 10.9 Å². The standard InChI is InChI=1S/C21H20F3N5O/c22-14-5-7-15(8-6-14)25-18(30)13-28-9-11-29(12-10-28)21-16-3-1-2-4-17(16)26-20(27-21)19(23)24/h1-8,19H,9-13H2,(H,25,30). The maximum Gasteiger partial charge on any atom is 0.297 e. The van der Waals surface area contributed by atoms with Crippen LogP contribution in [0.1, 0.15) is 12.2 Å². The van der Waals surface area contributed by atoms with Gasteiger partial charge in [-0.05, 0) is 36.4 Å². The van der Waals surface area contributed by atoms with Crippen LogP contribution < -0.4 is 10.2 Å². The molecule has 0 saturated carbocycles. The van der Waals surface area contributed by atoms with E-state index in [9.17, 15) is 18.0 Å². The minimum Gasteiger partial charge on any atom is -0.353 e. The number of carbonyl (C=O) groups excluding carboxylic acids is 1. The first kappa shape index (κ1) is 20.1. The van der Waals surface area contributed by atoms with E-state index in [0.717, 1.165) is 5.39 Å². The average Bonchev–Trinajstić information content (AvgIpc) is 2.75. The molecule has 0 radical (unpaired) electrons. The number of rotatable bonds is 5. The number of amides is 1. The molecule has 1 aliphatic rings. The van der Waals surface area contributed by atoms with E-state index in [1.807, 2.05) is 21.9 Å². The number of benzene rings is 2. The molecule has 1 saturated heterocycles. The summed E-state index contributed by atoms with van der Waals surface area (Å²) in [5.41, 5.74) is 1.02. The van der Waals surface area contributed by atoms with Crippen molar-refractivity contribution in [3.05, 3.63) is 60.2 Å². The number of hydrogen-bond donors (Lipinski definition) is 1. The predicted molar refractivity (Wildman–Crippen MR) is 108 cm³/mol. The van der Waals surface area contributed by atoms with Crippen molar-refractivity contribution in [2.45, 2.75) is 6.43 Å². The number of hydrogen-bond acceptors (Lipinski definition) is 5. The lowest BCUT2D eigenvalue weighted by atomic mass is 10.2. The van der Waals surface area contributed by atoms with Gasteiger partial charge in [0, 0.05) is 37.3 Å². The van der Waals surface area contributed by atoms with Gasteiger partial charge in [-0.25, -0.2) is 23.1 Å². The van der Waals surface area contributed by atoms with E-state index in [1.54, 1.807) is 12.1 Å². The zero-order valence-electron chi connectivity index (χ0n) is 16.1. The van der Waals surface area contributed by atoms with Crippen LogP contribution >= 0.6 is 0 Å². The van der Waals surface area contributed by atoms with Crippen LogP contribution in [-0.4, -0.2) is 53.5 Å². The quantitative estimate of drug-likeness (QED) is 0.692. The van der Waals surface area contributed by atoms with Crippen molar-refractivity contribution in [1.82, 2.24) is 14.9 Å². The Morgan fingerprint density at radius 3 is 2.40 bits per heavy atom. The lowest BCUT2D eigenvalue weighted by Gasteiger charge is -2.35. The van der Waals surface area contributed by atoms with Crippen LogP contribution in [0.3, 0.4) is 0 Å². The summed E-state index contributed by atoms with van der Waals surface area (Å²) in [6.45, 7) is 2.46. The van der Waals surface area contributed by atoms with Crippen LogP contribution in [0.2, 0.25) is 0 Å². The molecular weight excluding hydrogens is 395 g/mol. The zero-order valence-corrected chi connectivity index (χ0v) is 16.1. The molecule has 1 aliphatic heterocycles. The van der Waals surface area contributed by atoms with Crippen LogP contribution in [-0.2, 0) is 4.79 Å². The van der Waals surface area contributed by atoms with Crippen molar-refractivity contribution >= 4 is 28.3 Å². The summed E-state index contributed by atoms with van der Waals surface area (Å²) in [6.07, 6.45) is -2.75. The monoisotopic (exact) mass is 415 g/mol. The van der Waals surface area contributed by atoms with E-state index in [0.29, 0.717) is 43.2 Å². The molecule has 2 heterocycles. The van der Waals surface area contributed by atoms with Gasteiger partial charge in [0.05, 0.1) is 12.1 Å². The van der Waals surface area contributed by atoms with Gasteiger partial charge in [-0.1, -0.05) is 12.1 Å². The number of aromatic nitrogens is 2. The second-order valence-corrected chi connectivity index (χ2v) is 7.04. The molecule has 9 heteroatoms. The molecule has 1 N–H and O–H groups in total. The molecule has 1 fully saturated rings. The first-order valence-electron chi connectivity index (χ1n) is 9.57. The Morgan fingerprint density at radius 2 is 1.70 bits per heavy atom. The Kier molecular flexibility index (Phi) is 5.80. The highest BCUT2D eigenvalue weighted by Gasteiger charge is 2.23. The second-order valence-electron chi connectivity index (χ2n) is 7.04. The normalized spacial score (nSPS) is 15.0. The minimum absolute atomic E-state index is 0.192. The number of piperazine rings is 1. The van der Waals surface area contributed by atoms with Crippen molar-refractivity contribution in [3.8, 4) is 0 Å². The Balaban J connectivity index is 1.41. The molecular formula is C21H20F3N5O. The molecule has 0 bridgehead atoms. The summed E-state index contributed by atoms with van der Waals surface area (Å²) in [4.78, 5) is 24.2. The molecule has 4 rings (SSSR count). The Hall–Kier alpha value is -3.20. The maximum atomic E-state index is 13.2. The van der Waals surface area contributed by atoms with E-state index >= 15 is 0 Å². The SMILES string of the molecule is O=C(CN1CCN(c2nc(C(F)F)nc3ccccc23)CC1)Nc1ccc(F)cc1. The third kappa shape index (κ3) is 4.51. The molecule has 0 unspecified atom stereocenters. The summed E-state index contributed by atoms with van der Waals surface area (Å²) in [5.74, 6) is -0.546. The summed E-state index contributed by atoms with van der Waals surface area (Å²) >= 11 is 0. The Labute approximate surface area is 171 Å². The number of carbonyl (C=O) groups is 1. The highest BCUT2D eigenvalue weighted by atomic mass is 19.3. The second kappa shape index (κ2) is 8.66. The van der Waals surface area contributed by atoms with E-state index in [1.165, 1.54) is 24.3 Å². The summed E-state index contributed by atoms with van der Waals surface area (Å²) in [6, 6.07) is 12.7. The zero-order chi connectivity index (χ0) is 21.1. The molecule has 0 atom stereocenters. The van der Waals surface area contributed by atoms with Gasteiger partial charge in [0.1, 0.15) is 11.6 Å². The van der Waals surface area contributed by atoms with Gasteiger partial charge in [-0.3, -0.25) is 9.69 Å². The molecule has 1 amide bonds. The van der Waals surface area contributed by atoms with Gasteiger partial charge >= 0.3 is 0 Å². The molecule has 2 aromatic carbocycles. The van der Waals surface area contributed by atoms with Gasteiger partial charge < -0.3 is 10.2 Å². The highest BCUT2D eigenvalue weighted by Crippen LogP contribution is 2.27. The number of para-hydroxylation sites is 1. The number of alkyl halides is 2. The predicted octanol–water partition coefficient (Wildman–Crippen LogP) is 3.47. The fraction of sp³-hybridized carbons (Fsp3) is 0.286. The van der Waals surface area contributed by atoms with Crippen molar-refractivity contribution < 1.29 is 18.0 Å². The lowest BCUT2D eigenvalue weighted by molar-refractivity contribution is -0.117. The molecule has 3 aromatic rings. The topological polar surface area (TPSA) is 61.4 Å². The maximum absolute atomic E-state index is 13.2. The van der Waals surface area contributed by atoms with E-state index < -0.39 is 12.2 Å². The number of fused-ring (bicyclic) bond motifs is 1. The third-order valence-corrected chi connectivity index (χ3v) is 4.96. The molecule has 1 aromatic heterocycles. The third-order valence-electron chi connectivity index (χ3n) is 4.96. The van der Waals surface area contributed by atoms with Gasteiger partial charge in [-0.15, -0.1) is 0 Å². The Morgan fingerprint density at radius 1 is 1.00 bits per heavy atom. The van der Waals surface area contributed by atoms with Gasteiger partial charge in [-0.2, -0.15) is 0 Å². The fourth-order valence-corrected chi connectivity index (χ4v) is 3.47. The van der Waals surface area contributed by atoms with Crippen molar-refractivity contribution in [3.63, 3.8) is 0 Å². The first-order chi connectivity index (χ1) is 14.5. The smallest absolute Gasteiger partial charge is 0.297 e. The number of halogens is 3. The van der Waals surface area contributed by atoms with E-state index in [-0.39, 0.29) is 18.3 Å². The summed E-state index contributed by atoms with van der Waals surface area (Å²) in [5, 5.41) is 3.46. The van der Waals surface area contributed by atoms with E-state index in [4.69, 9.17) is 0 Å². The van der Waals surface area contributed by atoms with Crippen LogP contribution in [0, 0.1) is 5.82 Å². The van der Waals surface area contributed by atoms with Crippen molar-refractivity contribution in [2.24, 2.45) is 0 Å². The van der Waals surface area contributed by atoms with Crippen molar-refractivity contribution in [1.29, 1.82) is 0 Å². The molecule has 0 spiro atoms. The number of anilines is 2. The fourth-order valence-electron chi connectivity index (χ4n) is 3.47. The van der Waals surface area contributed by atoms with Gasteiger partial charge in [0.15, 0.2) is 5.82 Å². The van der Waals surface area contributed by atoms with Crippen molar-refractivity contribution in [2.75, 3.05) is 42.9 Å². The Bertz CT molecular complexity index is 1040. The largest absolute Gasteiger partial charge is 0.353 e. The number of nitrogens with zero attached hydrogens (tertiary/aromatic N) is 4. The van der Waals surface area contributed by atoms with Gasteiger partial charge in [0.25, 0.3) is 6.43 Å². The van der Waals surface area contributed by atoms with Crippen LogP contribution in [0.15, 0.2) is 48.5 Å².